The lowest BCUT2D eigenvalue weighted by Gasteiger charge is -2.17. The number of nitrogens with zero attached hydrogens (tertiary/aromatic N) is 5. The molecule has 39 heavy (non-hydrogen) atoms. The Labute approximate surface area is 227 Å². The number of para-hydroxylation sites is 1. The van der Waals surface area contributed by atoms with E-state index in [4.69, 9.17) is 9.97 Å². The third-order valence-electron chi connectivity index (χ3n) is 7.84. The summed E-state index contributed by atoms with van der Waals surface area (Å²) in [6.07, 6.45) is 5.79. The molecule has 0 amide bonds. The van der Waals surface area contributed by atoms with Gasteiger partial charge in [-0.25, -0.2) is 9.97 Å². The van der Waals surface area contributed by atoms with Crippen LogP contribution in [-0.4, -0.2) is 19.1 Å². The molecule has 0 unspecified atom stereocenters. The van der Waals surface area contributed by atoms with Gasteiger partial charge >= 0.3 is 0 Å². The van der Waals surface area contributed by atoms with E-state index in [-0.39, 0.29) is 0 Å². The molecule has 6 nitrogen and oxygen atoms in total. The molecule has 190 valence electrons. The third-order valence-corrected chi connectivity index (χ3v) is 7.84. The van der Waals surface area contributed by atoms with E-state index < -0.39 is 0 Å². The van der Waals surface area contributed by atoms with Crippen molar-refractivity contribution in [3.8, 4) is 6.07 Å². The fraction of sp³-hybridized carbons (Fsp3) is 0.182. The molecule has 7 rings (SSSR count). The van der Waals surface area contributed by atoms with Crippen LogP contribution in [0.15, 0.2) is 91.3 Å². The van der Waals surface area contributed by atoms with Crippen molar-refractivity contribution in [3.63, 3.8) is 0 Å². The number of nitrogens with one attached hydrogen (secondary N) is 1. The molecule has 0 spiro atoms. The molecule has 3 aromatic carbocycles. The highest BCUT2D eigenvalue weighted by Gasteiger charge is 2.26. The third kappa shape index (κ3) is 4.04. The summed E-state index contributed by atoms with van der Waals surface area (Å²) < 4.78 is 4.56. The molecular weight excluding hydrogens is 480 g/mol. The Morgan fingerprint density at radius 3 is 2.18 bits per heavy atom. The Bertz CT molecular complexity index is 1840. The second-order valence-corrected chi connectivity index (χ2v) is 10.2. The lowest BCUT2D eigenvalue weighted by molar-refractivity contribution is 0.633. The van der Waals surface area contributed by atoms with Gasteiger partial charge in [0.05, 0.1) is 16.5 Å². The first-order chi connectivity index (χ1) is 19.3. The molecule has 0 radical (unpaired) electrons. The first-order valence-corrected chi connectivity index (χ1v) is 13.5. The first-order valence-electron chi connectivity index (χ1n) is 13.5. The number of rotatable bonds is 6. The SMILES string of the molecule is N#Cc1c2c(n(Cc3ccccc3)c1Nc1ncnc3c1c1ccccc1n3Cc1ccccc1)CCCC2. The molecule has 1 aliphatic rings. The van der Waals surface area contributed by atoms with E-state index in [2.05, 4.69) is 93.3 Å². The van der Waals surface area contributed by atoms with Gasteiger partial charge in [0, 0.05) is 24.2 Å². The molecule has 1 aliphatic carbocycles. The average molecular weight is 509 g/mol. The maximum Gasteiger partial charge on any atom is 0.146 e. The van der Waals surface area contributed by atoms with Crippen LogP contribution in [0.2, 0.25) is 0 Å². The summed E-state index contributed by atoms with van der Waals surface area (Å²) in [4.78, 5) is 9.50. The first kappa shape index (κ1) is 23.2. The standard InChI is InChI=1S/C33H28N6/c34-19-27-25-15-7-9-17-28(25)38(20-23-11-3-1-4-12-23)32(27)37-31-30-26-16-8-10-18-29(26)39(33(30)36-22-35-31)21-24-13-5-2-6-14-24/h1-6,8,10-14,16,18,22H,7,9,15,17,20-21H2,(H,35,36,37). The van der Waals surface area contributed by atoms with Crippen LogP contribution in [0.5, 0.6) is 0 Å². The van der Waals surface area contributed by atoms with Crippen molar-refractivity contribution in [1.82, 2.24) is 19.1 Å². The van der Waals surface area contributed by atoms with Crippen molar-refractivity contribution < 1.29 is 0 Å². The van der Waals surface area contributed by atoms with Crippen LogP contribution in [0.25, 0.3) is 21.9 Å². The summed E-state index contributed by atoms with van der Waals surface area (Å²) in [5.41, 5.74) is 7.59. The predicted molar refractivity (Wildman–Crippen MR) is 155 cm³/mol. The van der Waals surface area contributed by atoms with Gasteiger partial charge in [0.1, 0.15) is 29.7 Å². The predicted octanol–water partition coefficient (Wildman–Crippen LogP) is 6.98. The van der Waals surface area contributed by atoms with E-state index >= 15 is 0 Å². The number of aromatic nitrogens is 4. The van der Waals surface area contributed by atoms with E-state index in [1.807, 2.05) is 12.1 Å². The van der Waals surface area contributed by atoms with Gasteiger partial charge in [-0.15, -0.1) is 0 Å². The smallest absolute Gasteiger partial charge is 0.146 e. The van der Waals surface area contributed by atoms with Crippen LogP contribution >= 0.6 is 0 Å². The van der Waals surface area contributed by atoms with Crippen LogP contribution in [0.1, 0.15) is 40.8 Å². The van der Waals surface area contributed by atoms with Crippen LogP contribution in [-0.2, 0) is 25.9 Å². The summed E-state index contributed by atoms with van der Waals surface area (Å²) in [6.45, 7) is 1.42. The number of nitriles is 1. The van der Waals surface area contributed by atoms with Crippen molar-refractivity contribution in [2.45, 2.75) is 38.8 Å². The van der Waals surface area contributed by atoms with Gasteiger partial charge in [-0.2, -0.15) is 5.26 Å². The lowest BCUT2D eigenvalue weighted by atomic mass is 9.95. The minimum absolute atomic E-state index is 0.706. The molecular formula is C33H28N6. The van der Waals surface area contributed by atoms with Gasteiger partial charge in [-0.05, 0) is 48.4 Å². The van der Waals surface area contributed by atoms with E-state index in [1.54, 1.807) is 6.33 Å². The number of hydrogen-bond donors (Lipinski definition) is 1. The lowest BCUT2D eigenvalue weighted by Crippen LogP contribution is -2.11. The molecule has 6 aromatic rings. The monoisotopic (exact) mass is 508 g/mol. The fourth-order valence-electron chi connectivity index (χ4n) is 6.06. The van der Waals surface area contributed by atoms with Gasteiger partial charge in [0.25, 0.3) is 0 Å². The second-order valence-electron chi connectivity index (χ2n) is 10.2. The minimum atomic E-state index is 0.706. The molecule has 0 aliphatic heterocycles. The Kier molecular flexibility index (Phi) is 5.82. The van der Waals surface area contributed by atoms with Gasteiger partial charge in [0.2, 0.25) is 0 Å². The van der Waals surface area contributed by atoms with Crippen molar-refractivity contribution in [2.75, 3.05) is 5.32 Å². The minimum Gasteiger partial charge on any atom is -0.326 e. The van der Waals surface area contributed by atoms with Gasteiger partial charge in [0.15, 0.2) is 0 Å². The molecule has 0 fully saturated rings. The number of fused-ring (bicyclic) bond motifs is 4. The fourth-order valence-corrected chi connectivity index (χ4v) is 6.06. The number of hydrogen-bond acceptors (Lipinski definition) is 4. The summed E-state index contributed by atoms with van der Waals surface area (Å²) in [6, 6.07) is 31.9. The van der Waals surface area contributed by atoms with Crippen LogP contribution in [0.4, 0.5) is 11.6 Å². The van der Waals surface area contributed by atoms with Crippen molar-refractivity contribution in [2.24, 2.45) is 0 Å². The normalized spacial score (nSPS) is 12.9. The summed E-state index contributed by atoms with van der Waals surface area (Å²) >= 11 is 0. The molecule has 0 saturated carbocycles. The zero-order valence-electron chi connectivity index (χ0n) is 21.6. The van der Waals surface area contributed by atoms with E-state index in [9.17, 15) is 5.26 Å². The molecule has 0 bridgehead atoms. The molecule has 3 heterocycles. The Morgan fingerprint density at radius 1 is 0.769 bits per heavy atom. The Morgan fingerprint density at radius 2 is 1.44 bits per heavy atom. The maximum atomic E-state index is 10.3. The van der Waals surface area contributed by atoms with Crippen molar-refractivity contribution in [1.29, 1.82) is 5.26 Å². The highest BCUT2D eigenvalue weighted by atomic mass is 15.2. The zero-order valence-corrected chi connectivity index (χ0v) is 21.6. The van der Waals surface area contributed by atoms with Gasteiger partial charge in [-0.1, -0.05) is 78.9 Å². The van der Waals surface area contributed by atoms with Crippen molar-refractivity contribution >= 4 is 33.6 Å². The highest BCUT2D eigenvalue weighted by molar-refractivity contribution is 6.12. The zero-order chi connectivity index (χ0) is 26.2. The van der Waals surface area contributed by atoms with Gasteiger partial charge < -0.3 is 14.5 Å². The summed E-state index contributed by atoms with van der Waals surface area (Å²) in [7, 11) is 0. The molecule has 3 aromatic heterocycles. The van der Waals surface area contributed by atoms with Crippen LogP contribution in [0.3, 0.4) is 0 Å². The largest absolute Gasteiger partial charge is 0.326 e. The topological polar surface area (TPSA) is 71.5 Å². The number of benzene rings is 3. The number of anilines is 2. The quantitative estimate of drug-likeness (QED) is 0.264. The highest BCUT2D eigenvalue weighted by Crippen LogP contribution is 2.38. The second kappa shape index (κ2) is 9.77. The van der Waals surface area contributed by atoms with Crippen molar-refractivity contribution in [3.05, 3.63) is 119 Å². The Balaban J connectivity index is 1.41. The average Bonchev–Trinajstić information content (AvgIpc) is 3.47. The summed E-state index contributed by atoms with van der Waals surface area (Å²) in [5, 5.41) is 16.1. The summed E-state index contributed by atoms with van der Waals surface area (Å²) in [5.74, 6) is 1.55. The molecule has 6 heteroatoms. The molecule has 1 N–H and O–H groups in total. The molecule has 0 atom stereocenters. The molecule has 0 saturated heterocycles. The Hall–Kier alpha value is -4.89. The van der Waals surface area contributed by atoms with Crippen LogP contribution in [0, 0.1) is 11.3 Å². The van der Waals surface area contributed by atoms with E-state index in [0.29, 0.717) is 13.1 Å². The maximum absolute atomic E-state index is 10.3. The van der Waals surface area contributed by atoms with Gasteiger partial charge in [-0.3, -0.25) is 0 Å². The van der Waals surface area contributed by atoms with Crippen LogP contribution < -0.4 is 5.32 Å². The van der Waals surface area contributed by atoms with E-state index in [0.717, 1.165) is 64.8 Å². The van der Waals surface area contributed by atoms with E-state index in [1.165, 1.54) is 22.4 Å².